The largest absolute Gasteiger partial charge is 0.481 e. The van der Waals surface area contributed by atoms with E-state index in [1.54, 1.807) is 13.8 Å². The molecule has 29 heteroatoms. The minimum atomic E-state index is -1.65. The molecule has 13 N–H and O–H groups in total. The van der Waals surface area contributed by atoms with Crippen molar-refractivity contribution in [2.45, 2.75) is 134 Å². The summed E-state index contributed by atoms with van der Waals surface area (Å²) in [5, 5.41) is 58.6. The SMILES string of the molecule is CNC(=O)C(CCC(=O)O)NC(=O)C(CCC(=O)O)NC(=O)C(CCC(=O)O)NC(=O)CNC(=O)CNC(=O)CNC(=O)CCC(=O)NCCN(CCNC(C)(C)C(C)N=O)CCNC(C)(C)C(C)N=O. The van der Waals surface area contributed by atoms with E-state index in [-0.39, 0.29) is 25.8 Å². The maximum Gasteiger partial charge on any atom is 0.303 e. The van der Waals surface area contributed by atoms with Crippen LogP contribution in [-0.4, -0.2) is 193 Å². The maximum absolute atomic E-state index is 13.2. The highest BCUT2D eigenvalue weighted by Crippen LogP contribution is 2.13. The Balaban J connectivity index is 5.12. The number of amides is 8. The molecule has 0 saturated heterocycles. The van der Waals surface area contributed by atoms with Crippen LogP contribution in [0.15, 0.2) is 10.4 Å². The Labute approximate surface area is 411 Å². The molecule has 0 saturated carbocycles. The van der Waals surface area contributed by atoms with Gasteiger partial charge in [0, 0.05) is 89.5 Å². The number of aliphatic carboxylic acids is 3. The van der Waals surface area contributed by atoms with Crippen LogP contribution in [0.1, 0.15) is 92.9 Å². The molecule has 0 fully saturated rings. The predicted octanol–water partition coefficient (Wildman–Crippen LogP) is -3.63. The van der Waals surface area contributed by atoms with Crippen LogP contribution >= 0.6 is 0 Å². The molecule has 0 aliphatic heterocycles. The zero-order chi connectivity index (χ0) is 54.3. The average Bonchev–Trinajstić information content (AvgIpc) is 3.30. The van der Waals surface area contributed by atoms with Crippen LogP contribution in [-0.2, 0) is 52.7 Å². The number of carboxylic acids is 3. The van der Waals surface area contributed by atoms with Gasteiger partial charge in [-0.15, -0.1) is 0 Å². The molecule has 71 heavy (non-hydrogen) atoms. The predicted molar refractivity (Wildman–Crippen MR) is 253 cm³/mol. The second-order valence-corrected chi connectivity index (χ2v) is 17.5. The number of nitrogens with zero attached hydrogens (tertiary/aromatic N) is 3. The van der Waals surface area contributed by atoms with Gasteiger partial charge in [0.25, 0.3) is 0 Å². The van der Waals surface area contributed by atoms with E-state index in [9.17, 15) is 72.8 Å². The van der Waals surface area contributed by atoms with E-state index in [2.05, 4.69) is 68.4 Å². The highest BCUT2D eigenvalue weighted by molar-refractivity contribution is 5.96. The van der Waals surface area contributed by atoms with Gasteiger partial charge < -0.3 is 68.5 Å². The second kappa shape index (κ2) is 33.7. The average molecular weight is 1020 g/mol. The lowest BCUT2D eigenvalue weighted by Gasteiger charge is -2.32. The fourth-order valence-electron chi connectivity index (χ4n) is 5.96. The number of nitrogens with one attached hydrogen (secondary N) is 10. The Bertz CT molecular complexity index is 1820. The summed E-state index contributed by atoms with van der Waals surface area (Å²) in [6.07, 6.45) is -3.75. The van der Waals surface area contributed by atoms with Crippen LogP contribution in [0.4, 0.5) is 0 Å². The van der Waals surface area contributed by atoms with E-state index in [4.69, 9.17) is 5.11 Å². The molecule has 402 valence electrons. The van der Waals surface area contributed by atoms with Crippen molar-refractivity contribution < 1.29 is 68.1 Å². The number of hydrogen-bond acceptors (Lipinski definition) is 18. The Kier molecular flexibility index (Phi) is 30.5. The zero-order valence-corrected chi connectivity index (χ0v) is 41.4. The first-order valence-corrected chi connectivity index (χ1v) is 22.9. The molecule has 0 aliphatic carbocycles. The quantitative estimate of drug-likeness (QED) is 0.0264. The first kappa shape index (κ1) is 64.2. The summed E-state index contributed by atoms with van der Waals surface area (Å²) >= 11 is 0. The van der Waals surface area contributed by atoms with Crippen LogP contribution in [0.2, 0.25) is 0 Å². The van der Waals surface area contributed by atoms with Crippen molar-refractivity contribution in [2.75, 3.05) is 66.0 Å². The summed E-state index contributed by atoms with van der Waals surface area (Å²) in [4.78, 5) is 159. The number of carboxylic acid groups (broad SMARTS) is 3. The molecule has 0 aliphatic rings. The lowest BCUT2D eigenvalue weighted by molar-refractivity contribution is -0.140. The molecule has 0 rings (SSSR count). The molecular weight excluding hydrogens is 943 g/mol. The van der Waals surface area contributed by atoms with Crippen LogP contribution in [0, 0.1) is 9.81 Å². The van der Waals surface area contributed by atoms with Gasteiger partial charge in [-0.25, -0.2) is 0 Å². The van der Waals surface area contributed by atoms with Gasteiger partial charge in [-0.1, -0.05) is 10.4 Å². The van der Waals surface area contributed by atoms with Gasteiger partial charge in [0.15, 0.2) is 0 Å². The third kappa shape index (κ3) is 29.1. The molecule has 5 atom stereocenters. The smallest absolute Gasteiger partial charge is 0.303 e. The van der Waals surface area contributed by atoms with E-state index in [0.29, 0.717) is 32.7 Å². The molecule has 5 unspecified atom stereocenters. The lowest BCUT2D eigenvalue weighted by atomic mass is 9.97. The Morgan fingerprint density at radius 2 is 0.803 bits per heavy atom. The van der Waals surface area contributed by atoms with E-state index < -0.39 is 158 Å². The molecule has 0 aromatic carbocycles. The highest BCUT2D eigenvalue weighted by Gasteiger charge is 2.31. The van der Waals surface area contributed by atoms with E-state index in [1.165, 1.54) is 7.05 Å². The van der Waals surface area contributed by atoms with Crippen molar-refractivity contribution in [1.82, 2.24) is 58.1 Å². The standard InChI is InChI=1S/C42H73N13O16/c1-25(53-70)41(3,4)48-17-20-55(21-18-49-42(5,6)26(2)54-71)19-16-44-30(56)11-12-31(57)45-22-32(58)46-23-33(59)47-24-34(60)50-28(9-14-36(63)64)39(68)52-29(10-15-37(65)66)40(69)51-27(38(67)43-7)8-13-35(61)62/h25-29,48-49H,8-24H2,1-7H3,(H,43,67)(H,44,56)(H,45,57)(H,46,58)(H,47,59)(H,50,60)(H,51,69)(H,52,68)(H,61,62)(H,63,64)(H,65,66). The number of likely N-dealkylation sites (N-methyl/N-ethyl adjacent to an activating group) is 1. The second-order valence-electron chi connectivity index (χ2n) is 17.5. The Morgan fingerprint density at radius 3 is 1.18 bits per heavy atom. The van der Waals surface area contributed by atoms with Crippen LogP contribution in [0.25, 0.3) is 0 Å². The van der Waals surface area contributed by atoms with Gasteiger partial charge in [0.05, 0.1) is 19.6 Å². The highest BCUT2D eigenvalue weighted by atomic mass is 16.4. The Hall–Kier alpha value is -6.75. The monoisotopic (exact) mass is 1020 g/mol. The molecule has 29 nitrogen and oxygen atoms in total. The summed E-state index contributed by atoms with van der Waals surface area (Å²) in [5.41, 5.74) is -1.12. The van der Waals surface area contributed by atoms with Crippen molar-refractivity contribution in [2.24, 2.45) is 10.4 Å². The molecule has 0 spiro atoms. The van der Waals surface area contributed by atoms with Crippen molar-refractivity contribution >= 4 is 65.2 Å². The minimum absolute atomic E-state index is 0.203. The van der Waals surface area contributed by atoms with Gasteiger partial charge in [0.1, 0.15) is 30.2 Å². The van der Waals surface area contributed by atoms with E-state index >= 15 is 0 Å². The van der Waals surface area contributed by atoms with Crippen LogP contribution in [0.3, 0.4) is 0 Å². The number of carbonyl (C=O) groups is 11. The third-order valence-corrected chi connectivity index (χ3v) is 11.2. The van der Waals surface area contributed by atoms with Crippen molar-refractivity contribution in [3.8, 4) is 0 Å². The lowest BCUT2D eigenvalue weighted by Crippen LogP contribution is -2.57. The molecule has 0 heterocycles. The summed E-state index contributed by atoms with van der Waals surface area (Å²) in [6.45, 7) is 11.6. The molecule has 0 aromatic rings. The fourth-order valence-corrected chi connectivity index (χ4v) is 5.96. The molecule has 0 radical (unpaired) electrons. The molecule has 8 amide bonds. The maximum atomic E-state index is 13.2. The first-order valence-electron chi connectivity index (χ1n) is 22.9. The van der Waals surface area contributed by atoms with Crippen LogP contribution in [0.5, 0.6) is 0 Å². The molecule has 0 aromatic heterocycles. The molecular formula is C42H73N13O16. The van der Waals surface area contributed by atoms with E-state index in [1.807, 2.05) is 27.7 Å². The number of carbonyl (C=O) groups excluding carboxylic acids is 8. The van der Waals surface area contributed by atoms with Crippen molar-refractivity contribution in [3.05, 3.63) is 9.81 Å². The Morgan fingerprint density at radius 1 is 0.465 bits per heavy atom. The summed E-state index contributed by atoms with van der Waals surface area (Å²) in [5.74, 6) is -10.8. The number of hydrogen-bond donors (Lipinski definition) is 13. The van der Waals surface area contributed by atoms with Gasteiger partial charge >= 0.3 is 17.9 Å². The van der Waals surface area contributed by atoms with Gasteiger partial charge in [-0.2, -0.15) is 9.81 Å². The third-order valence-electron chi connectivity index (χ3n) is 11.2. The van der Waals surface area contributed by atoms with Crippen molar-refractivity contribution in [1.29, 1.82) is 0 Å². The number of nitroso groups, excluding NO2 is 2. The van der Waals surface area contributed by atoms with Gasteiger partial charge in [-0.3, -0.25) is 57.6 Å². The minimum Gasteiger partial charge on any atom is -0.481 e. The first-order chi connectivity index (χ1) is 33.2. The van der Waals surface area contributed by atoms with Crippen molar-refractivity contribution in [3.63, 3.8) is 0 Å². The summed E-state index contributed by atoms with van der Waals surface area (Å²) in [7, 11) is 1.22. The summed E-state index contributed by atoms with van der Waals surface area (Å²) in [6, 6.07) is -5.64. The molecule has 0 bridgehead atoms. The topological polar surface area (TPSA) is 431 Å². The van der Waals surface area contributed by atoms with Crippen LogP contribution < -0.4 is 53.2 Å². The van der Waals surface area contributed by atoms with E-state index in [0.717, 1.165) is 0 Å². The summed E-state index contributed by atoms with van der Waals surface area (Å²) < 4.78 is 0. The fraction of sp³-hybridized carbons (Fsp3) is 0.738. The van der Waals surface area contributed by atoms with Gasteiger partial charge in [-0.05, 0) is 60.8 Å². The van der Waals surface area contributed by atoms with Gasteiger partial charge in [0.2, 0.25) is 47.3 Å². The number of rotatable bonds is 39. The zero-order valence-electron chi connectivity index (χ0n) is 41.4. The normalized spacial score (nSPS) is 13.4.